The predicted octanol–water partition coefficient (Wildman–Crippen LogP) is 7.81. The molecule has 0 aliphatic carbocycles. The van der Waals surface area contributed by atoms with Crippen LogP contribution < -0.4 is 28.8 Å². The van der Waals surface area contributed by atoms with Crippen LogP contribution in [0.1, 0.15) is 131 Å². The zero-order chi connectivity index (χ0) is 96.1. The molecule has 0 saturated carbocycles. The summed E-state index contributed by atoms with van der Waals surface area (Å²) >= 11 is 5.76. The van der Waals surface area contributed by atoms with E-state index < -0.39 is 255 Å². The lowest BCUT2D eigenvalue weighted by molar-refractivity contribution is -0.300. The van der Waals surface area contributed by atoms with Gasteiger partial charge < -0.3 is 104 Å². The van der Waals surface area contributed by atoms with E-state index in [2.05, 4.69) is 15.3 Å². The standard InChI is InChI=1S/2C26H37FNO13P.C14H21FO9.C12H17ClNO4P/c2*1-14(2)35-25(32)15(3)28-42(33,40-19-11-9-8-10-12-19)41-26-24(38-18(6)31)23(37-17(5)30)22(36-16(4)29)21(39-26)20(27)13-34-7;1-6(17)21-11-10(9(15)4-5-16)24-14(20)13(23-8(3)19)12(11)22-7(2)18;1-9(2)17-12(15)10(3)14-19(13,16)18-11-7-5-4-6-8-11/h2*8-12,14-15,20-24,26H,13H2,1-7H3,(H,28,33);9-14,16,20H,4-5H2,1-3H3;4-10H,1-3H3,(H,14,16)/t2*15-,20-,21?,22+,23?,24+,26-,42?;9-,10?,11+,12?,13+,14?;10-,19?/m0000/s1. The number of aliphatic hydroxyl groups is 2. The Morgan fingerprint density at radius 1 is 0.378 bits per heavy atom. The molecule has 10 unspecified atom stereocenters. The summed E-state index contributed by atoms with van der Waals surface area (Å²) in [4.78, 5) is 143. The average Bonchev–Trinajstić information content (AvgIpc) is 0.760. The molecule has 3 fully saturated rings. The molecular formula is C78H112ClF3N3O39P3. The second-order valence-electron chi connectivity index (χ2n) is 28.5. The molecule has 0 radical (unpaired) electrons. The lowest BCUT2D eigenvalue weighted by atomic mass is 9.94. The lowest BCUT2D eigenvalue weighted by Gasteiger charge is -2.45. The molecule has 716 valence electrons. The van der Waals surface area contributed by atoms with Gasteiger partial charge in [0, 0.05) is 101 Å². The molecule has 3 aliphatic heterocycles. The van der Waals surface area contributed by atoms with Gasteiger partial charge in [-0.3, -0.25) is 66.6 Å². The van der Waals surface area contributed by atoms with E-state index in [9.17, 15) is 80.7 Å². The van der Waals surface area contributed by atoms with Gasteiger partial charge in [0.2, 0.25) is 12.6 Å². The summed E-state index contributed by atoms with van der Waals surface area (Å²) in [6.07, 6.45) is -32.8. The summed E-state index contributed by atoms with van der Waals surface area (Å²) in [6.45, 7) is 18.1. The van der Waals surface area contributed by atoms with Gasteiger partial charge in [-0.25, -0.2) is 32.0 Å². The number of hydrogen-bond donors (Lipinski definition) is 5. The van der Waals surface area contributed by atoms with E-state index >= 15 is 8.78 Å². The Morgan fingerprint density at radius 3 is 0.906 bits per heavy atom. The highest BCUT2D eigenvalue weighted by atomic mass is 35.7. The molecule has 127 heavy (non-hydrogen) atoms. The van der Waals surface area contributed by atoms with Crippen molar-refractivity contribution in [1.82, 2.24) is 15.3 Å². The van der Waals surface area contributed by atoms with Crippen LogP contribution >= 0.6 is 33.6 Å². The number of aliphatic hydroxyl groups excluding tert-OH is 2. The summed E-state index contributed by atoms with van der Waals surface area (Å²) in [6, 6.07) is 20.5. The number of ether oxygens (including phenoxy) is 17. The summed E-state index contributed by atoms with van der Waals surface area (Å²) < 4.78 is 201. The molecular weight excluding hydrogens is 1790 g/mol. The van der Waals surface area contributed by atoms with Gasteiger partial charge in [-0.05, 0) is 98.7 Å². The normalized spacial score (nSPS) is 24.7. The first kappa shape index (κ1) is 112. The highest BCUT2D eigenvalue weighted by Crippen LogP contribution is 2.52. The van der Waals surface area contributed by atoms with E-state index in [1.54, 1.807) is 108 Å². The summed E-state index contributed by atoms with van der Waals surface area (Å²) in [5.41, 5.74) is 0. The molecule has 49 heteroatoms. The molecule has 3 aliphatic rings. The van der Waals surface area contributed by atoms with E-state index in [0.717, 1.165) is 62.3 Å². The maximum atomic E-state index is 15.4. The van der Waals surface area contributed by atoms with Crippen molar-refractivity contribution in [1.29, 1.82) is 0 Å². The largest absolute Gasteiger partial charge is 0.462 e. The number of halogens is 4. The molecule has 42 nitrogen and oxygen atoms in total. The monoisotopic (exact) mass is 1900 g/mol. The average molecular weight is 1900 g/mol. The smallest absolute Gasteiger partial charge is 0.461 e. The highest BCUT2D eigenvalue weighted by molar-refractivity contribution is 7.84. The summed E-state index contributed by atoms with van der Waals surface area (Å²) in [7, 11) is -6.97. The van der Waals surface area contributed by atoms with Crippen molar-refractivity contribution in [2.45, 2.75) is 278 Å². The predicted molar refractivity (Wildman–Crippen MR) is 432 cm³/mol. The Kier molecular flexibility index (Phi) is 48.1. The van der Waals surface area contributed by atoms with Crippen molar-refractivity contribution in [3.8, 4) is 17.2 Å². The Bertz CT molecular complexity index is 4000. The Hall–Kier alpha value is -9.01. The van der Waals surface area contributed by atoms with Gasteiger partial charge in [0.1, 0.15) is 59.9 Å². The molecule has 0 spiro atoms. The van der Waals surface area contributed by atoms with Crippen LogP contribution in [0.25, 0.3) is 0 Å². The zero-order valence-corrected chi connectivity index (χ0v) is 76.6. The molecule has 5 N–H and O–H groups in total. The fourth-order valence-electron chi connectivity index (χ4n) is 11.4. The fourth-order valence-corrected chi connectivity index (χ4v) is 16.3. The Morgan fingerprint density at radius 2 is 0.630 bits per heavy atom. The van der Waals surface area contributed by atoms with Crippen LogP contribution in [-0.4, -0.2) is 263 Å². The van der Waals surface area contributed by atoms with Gasteiger partial charge in [-0.1, -0.05) is 54.6 Å². The molecule has 3 aromatic rings. The number of rotatable bonds is 40. The van der Waals surface area contributed by atoms with Gasteiger partial charge in [0.25, 0.3) is 0 Å². The van der Waals surface area contributed by atoms with Crippen LogP contribution in [0.15, 0.2) is 91.0 Å². The molecule has 3 saturated heterocycles. The molecule has 3 aromatic carbocycles. The van der Waals surface area contributed by atoms with Gasteiger partial charge in [-0.2, -0.15) is 10.2 Å². The maximum absolute atomic E-state index is 15.4. The minimum Gasteiger partial charge on any atom is -0.462 e. The third kappa shape index (κ3) is 40.3. The number of carbonyl (C=O) groups excluding carboxylic acids is 12. The van der Waals surface area contributed by atoms with Gasteiger partial charge in [0.15, 0.2) is 73.6 Å². The highest BCUT2D eigenvalue weighted by Gasteiger charge is 2.60. The number of nitrogens with one attached hydrogen (secondary N) is 3. The quantitative estimate of drug-likeness (QED) is 0.0206. The number of para-hydroxylation sites is 3. The van der Waals surface area contributed by atoms with Crippen molar-refractivity contribution in [3.63, 3.8) is 0 Å². The first-order chi connectivity index (χ1) is 59.3. The van der Waals surface area contributed by atoms with Crippen LogP contribution in [0.4, 0.5) is 13.2 Å². The first-order valence-electron chi connectivity index (χ1n) is 39.0. The van der Waals surface area contributed by atoms with Crippen molar-refractivity contribution in [2.24, 2.45) is 0 Å². The number of benzene rings is 3. The number of carbonyl (C=O) groups is 12. The molecule has 3 heterocycles. The Labute approximate surface area is 735 Å². The number of hydrogen-bond acceptors (Lipinski definition) is 39. The van der Waals surface area contributed by atoms with Gasteiger partial charge in [-0.15, -0.1) is 0 Å². The molecule has 0 aromatic heterocycles. The van der Waals surface area contributed by atoms with Crippen LogP contribution in [0.5, 0.6) is 17.2 Å². The Balaban J connectivity index is 0.000000458. The minimum absolute atomic E-state index is 0.0335. The second kappa shape index (κ2) is 54.5. The van der Waals surface area contributed by atoms with E-state index in [1.165, 1.54) is 59.3 Å². The fraction of sp³-hybridized carbons (Fsp3) is 0.615. The van der Waals surface area contributed by atoms with Crippen molar-refractivity contribution < 1.29 is 198 Å². The number of esters is 12. The van der Waals surface area contributed by atoms with Gasteiger partial charge >= 0.3 is 94.0 Å². The van der Waals surface area contributed by atoms with Crippen LogP contribution in [0.3, 0.4) is 0 Å². The van der Waals surface area contributed by atoms with Gasteiger partial charge in [0.05, 0.1) is 31.5 Å². The SMILES string of the molecule is CC(=O)OC1[C@@H](OC(C)=O)C(O)OC([C@@H](F)CCO)[C@H]1OC(C)=O.CC(C)OC(=O)[C@H](C)NP(=O)(Cl)Oc1ccccc1.COC[C@H](F)C1O[C@@H](OP(=O)(N[C@@H](C)C(=O)OC(C)C)Oc2ccccc2)[C@H](OC(C)=O)C(OC(C)=O)[C@@H]1OC(C)=O.COC[C@H](F)C1O[C@@H](OP(=O)(N[C@@H](C)C(=O)OC(C)C)Oc2ccccc2)[C@H](OC(C)=O)C(OC(C)=O)[C@@H]1OC(C)=O. The maximum Gasteiger partial charge on any atom is 0.461 e. The van der Waals surface area contributed by atoms with E-state index in [1.807, 2.05) is 0 Å². The van der Waals surface area contributed by atoms with Crippen molar-refractivity contribution in [2.75, 3.05) is 34.0 Å². The number of methoxy groups -OCH3 is 2. The second-order valence-corrected chi connectivity index (χ2v) is 34.5. The van der Waals surface area contributed by atoms with Crippen molar-refractivity contribution in [3.05, 3.63) is 91.0 Å². The summed E-state index contributed by atoms with van der Waals surface area (Å²) in [5, 5.41) is 26.2. The molecule has 6 rings (SSSR count). The van der Waals surface area contributed by atoms with Crippen LogP contribution in [-0.2, 0) is 161 Å². The zero-order valence-electron chi connectivity index (χ0n) is 73.2. The van der Waals surface area contributed by atoms with Crippen LogP contribution in [0.2, 0.25) is 0 Å². The van der Waals surface area contributed by atoms with Crippen LogP contribution in [0, 0.1) is 0 Å². The molecule has 24 atom stereocenters. The molecule has 0 amide bonds. The van der Waals surface area contributed by atoms with Crippen molar-refractivity contribution >= 4 is 105 Å². The third-order valence-corrected chi connectivity index (χ3v) is 20.9. The minimum atomic E-state index is -4.69. The van der Waals surface area contributed by atoms with E-state index in [4.69, 9.17) is 119 Å². The topological polar surface area (TPSA) is 536 Å². The van der Waals surface area contributed by atoms with E-state index in [-0.39, 0.29) is 24.0 Å². The molecule has 0 bridgehead atoms. The number of alkyl halides is 3. The first-order valence-corrected chi connectivity index (χ1v) is 44.6. The summed E-state index contributed by atoms with van der Waals surface area (Å²) in [5.74, 6) is -9.64. The third-order valence-electron chi connectivity index (χ3n) is 16.0. The van der Waals surface area contributed by atoms with E-state index in [0.29, 0.717) is 5.75 Å². The lowest BCUT2D eigenvalue weighted by Crippen LogP contribution is -2.64.